The Morgan fingerprint density at radius 1 is 1.32 bits per heavy atom. The summed E-state index contributed by atoms with van der Waals surface area (Å²) >= 11 is 0. The molecule has 1 aromatic heterocycles. The number of rotatable bonds is 6. The molecule has 0 aliphatic heterocycles. The van der Waals surface area contributed by atoms with Gasteiger partial charge in [0.2, 0.25) is 5.95 Å². The van der Waals surface area contributed by atoms with Gasteiger partial charge in [0.25, 0.3) is 0 Å². The van der Waals surface area contributed by atoms with E-state index in [0.717, 1.165) is 22.6 Å². The molecule has 0 amide bonds. The largest absolute Gasteiger partial charge is 0.496 e. The number of hydrogen-bond donors (Lipinski definition) is 2. The van der Waals surface area contributed by atoms with Crippen molar-refractivity contribution in [2.75, 3.05) is 18.2 Å². The SMILES string of the molecule is COc1ccc(Nc2ncc(C)c(N)n2)cc1COC(C)C. The third kappa shape index (κ3) is 4.08. The molecule has 2 rings (SSSR count). The first-order valence-electron chi connectivity index (χ1n) is 7.14. The number of methoxy groups -OCH3 is 1. The van der Waals surface area contributed by atoms with Gasteiger partial charge in [0.15, 0.2) is 0 Å². The summed E-state index contributed by atoms with van der Waals surface area (Å²) in [5, 5.41) is 3.14. The van der Waals surface area contributed by atoms with Crippen LogP contribution in [-0.2, 0) is 11.3 Å². The number of hydrogen-bond acceptors (Lipinski definition) is 6. The second kappa shape index (κ2) is 7.09. The van der Waals surface area contributed by atoms with Crippen LogP contribution in [0.4, 0.5) is 17.5 Å². The standard InChI is InChI=1S/C16H22N4O2/c1-10(2)22-9-12-7-13(5-6-14(12)21-4)19-16-18-8-11(3)15(17)20-16/h5-8,10H,9H2,1-4H3,(H3,17,18,19,20). The lowest BCUT2D eigenvalue weighted by Gasteiger charge is -2.13. The molecule has 2 aromatic rings. The Morgan fingerprint density at radius 2 is 2.09 bits per heavy atom. The van der Waals surface area contributed by atoms with Crippen LogP contribution in [0.1, 0.15) is 25.0 Å². The first kappa shape index (κ1) is 16.0. The average molecular weight is 302 g/mol. The topological polar surface area (TPSA) is 82.3 Å². The quantitative estimate of drug-likeness (QED) is 0.853. The normalized spacial score (nSPS) is 10.8. The van der Waals surface area contributed by atoms with Gasteiger partial charge in [0.1, 0.15) is 11.6 Å². The molecule has 1 aromatic carbocycles. The third-order valence-electron chi connectivity index (χ3n) is 3.12. The third-order valence-corrected chi connectivity index (χ3v) is 3.12. The van der Waals surface area contributed by atoms with Crippen LogP contribution >= 0.6 is 0 Å². The minimum Gasteiger partial charge on any atom is -0.496 e. The van der Waals surface area contributed by atoms with Gasteiger partial charge in [-0.3, -0.25) is 0 Å². The van der Waals surface area contributed by atoms with Crippen LogP contribution in [0.3, 0.4) is 0 Å². The maximum absolute atomic E-state index is 5.80. The van der Waals surface area contributed by atoms with Crippen molar-refractivity contribution in [3.63, 3.8) is 0 Å². The van der Waals surface area contributed by atoms with Crippen LogP contribution in [0, 0.1) is 6.92 Å². The molecule has 0 spiro atoms. The number of benzene rings is 1. The summed E-state index contributed by atoms with van der Waals surface area (Å²) in [7, 11) is 1.64. The number of aromatic nitrogens is 2. The molecule has 0 fully saturated rings. The smallest absolute Gasteiger partial charge is 0.229 e. The van der Waals surface area contributed by atoms with Crippen LogP contribution < -0.4 is 15.8 Å². The van der Waals surface area contributed by atoms with Crippen LogP contribution in [-0.4, -0.2) is 23.2 Å². The summed E-state index contributed by atoms with van der Waals surface area (Å²) in [5.41, 5.74) is 8.47. The minimum atomic E-state index is 0.154. The summed E-state index contributed by atoms with van der Waals surface area (Å²) < 4.78 is 11.0. The van der Waals surface area contributed by atoms with Crippen molar-refractivity contribution >= 4 is 17.5 Å². The fourth-order valence-corrected chi connectivity index (χ4v) is 1.87. The molecule has 3 N–H and O–H groups in total. The van der Waals surface area contributed by atoms with Crippen LogP contribution in [0.25, 0.3) is 0 Å². The van der Waals surface area contributed by atoms with E-state index < -0.39 is 0 Å². The number of nitrogens with one attached hydrogen (secondary N) is 1. The van der Waals surface area contributed by atoms with Crippen molar-refractivity contribution < 1.29 is 9.47 Å². The number of aryl methyl sites for hydroxylation is 1. The molecule has 6 nitrogen and oxygen atoms in total. The van der Waals surface area contributed by atoms with Gasteiger partial charge in [-0.1, -0.05) is 0 Å². The number of nitrogen functional groups attached to an aromatic ring is 1. The summed E-state index contributed by atoms with van der Waals surface area (Å²) in [4.78, 5) is 8.42. The van der Waals surface area contributed by atoms with Gasteiger partial charge >= 0.3 is 0 Å². The molecule has 22 heavy (non-hydrogen) atoms. The zero-order valence-corrected chi connectivity index (χ0v) is 13.4. The van der Waals surface area contributed by atoms with Gasteiger partial charge in [-0.25, -0.2) is 4.98 Å². The zero-order chi connectivity index (χ0) is 16.1. The van der Waals surface area contributed by atoms with Crippen molar-refractivity contribution in [3.05, 3.63) is 35.5 Å². The lowest BCUT2D eigenvalue weighted by Crippen LogP contribution is -2.05. The van der Waals surface area contributed by atoms with Gasteiger partial charge in [0.05, 0.1) is 19.8 Å². The van der Waals surface area contributed by atoms with Gasteiger partial charge in [-0.05, 0) is 39.0 Å². The van der Waals surface area contributed by atoms with Crippen LogP contribution in [0.5, 0.6) is 5.75 Å². The Kier molecular flexibility index (Phi) is 5.16. The van der Waals surface area contributed by atoms with E-state index in [9.17, 15) is 0 Å². The molecule has 0 aliphatic rings. The zero-order valence-electron chi connectivity index (χ0n) is 13.4. The van der Waals surface area contributed by atoms with Crippen molar-refractivity contribution in [1.82, 2.24) is 9.97 Å². The number of anilines is 3. The van der Waals surface area contributed by atoms with Crippen molar-refractivity contribution in [2.24, 2.45) is 0 Å². The molecule has 0 unspecified atom stereocenters. The molecule has 0 bridgehead atoms. The fourth-order valence-electron chi connectivity index (χ4n) is 1.87. The van der Waals surface area contributed by atoms with Gasteiger partial charge in [-0.2, -0.15) is 4.98 Å². The predicted molar refractivity (Wildman–Crippen MR) is 87.4 cm³/mol. The highest BCUT2D eigenvalue weighted by Gasteiger charge is 2.08. The van der Waals surface area contributed by atoms with Gasteiger partial charge < -0.3 is 20.5 Å². The van der Waals surface area contributed by atoms with Crippen molar-refractivity contribution in [3.8, 4) is 5.75 Å². The lowest BCUT2D eigenvalue weighted by atomic mass is 10.2. The summed E-state index contributed by atoms with van der Waals surface area (Å²) in [6, 6.07) is 5.75. The van der Waals surface area contributed by atoms with E-state index in [1.54, 1.807) is 13.3 Å². The number of ether oxygens (including phenoxy) is 2. The van der Waals surface area contributed by atoms with E-state index >= 15 is 0 Å². The van der Waals surface area contributed by atoms with E-state index in [4.69, 9.17) is 15.2 Å². The molecular formula is C16H22N4O2. The number of nitrogens with two attached hydrogens (primary N) is 1. The molecule has 1 heterocycles. The molecule has 0 atom stereocenters. The van der Waals surface area contributed by atoms with E-state index in [0.29, 0.717) is 18.4 Å². The molecular weight excluding hydrogens is 280 g/mol. The minimum absolute atomic E-state index is 0.154. The number of nitrogens with zero attached hydrogens (tertiary/aromatic N) is 2. The summed E-state index contributed by atoms with van der Waals surface area (Å²) in [5.74, 6) is 1.72. The first-order valence-corrected chi connectivity index (χ1v) is 7.14. The van der Waals surface area contributed by atoms with Crippen LogP contribution in [0.15, 0.2) is 24.4 Å². The predicted octanol–water partition coefficient (Wildman–Crippen LogP) is 3.04. The molecule has 6 heteroatoms. The van der Waals surface area contributed by atoms with E-state index in [-0.39, 0.29) is 6.10 Å². The van der Waals surface area contributed by atoms with Crippen molar-refractivity contribution in [1.29, 1.82) is 0 Å². The fraction of sp³-hybridized carbons (Fsp3) is 0.375. The molecule has 0 radical (unpaired) electrons. The summed E-state index contributed by atoms with van der Waals surface area (Å²) in [6.45, 7) is 6.34. The van der Waals surface area contributed by atoms with Crippen molar-refractivity contribution in [2.45, 2.75) is 33.5 Å². The molecule has 118 valence electrons. The summed E-state index contributed by atoms with van der Waals surface area (Å²) in [6.07, 6.45) is 1.85. The Hall–Kier alpha value is -2.34. The van der Waals surface area contributed by atoms with E-state index in [1.165, 1.54) is 0 Å². The average Bonchev–Trinajstić information content (AvgIpc) is 2.49. The monoisotopic (exact) mass is 302 g/mol. The Balaban J connectivity index is 2.20. The maximum atomic E-state index is 5.80. The van der Waals surface area contributed by atoms with Crippen LogP contribution in [0.2, 0.25) is 0 Å². The van der Waals surface area contributed by atoms with Gasteiger partial charge in [0, 0.05) is 23.0 Å². The molecule has 0 aliphatic carbocycles. The highest BCUT2D eigenvalue weighted by atomic mass is 16.5. The molecule has 0 saturated carbocycles. The second-order valence-corrected chi connectivity index (χ2v) is 5.27. The second-order valence-electron chi connectivity index (χ2n) is 5.27. The molecule has 0 saturated heterocycles. The Morgan fingerprint density at radius 3 is 2.73 bits per heavy atom. The van der Waals surface area contributed by atoms with Gasteiger partial charge in [-0.15, -0.1) is 0 Å². The van der Waals surface area contributed by atoms with E-state index in [1.807, 2.05) is 39.0 Å². The highest BCUT2D eigenvalue weighted by Crippen LogP contribution is 2.25. The first-order chi connectivity index (χ1) is 10.5. The Labute approximate surface area is 130 Å². The maximum Gasteiger partial charge on any atom is 0.229 e. The Bertz CT molecular complexity index is 644. The van der Waals surface area contributed by atoms with E-state index in [2.05, 4.69) is 15.3 Å². The highest BCUT2D eigenvalue weighted by molar-refractivity contribution is 5.58. The lowest BCUT2D eigenvalue weighted by molar-refractivity contribution is 0.0645.